The Morgan fingerprint density at radius 2 is 1.93 bits per heavy atom. The summed E-state index contributed by atoms with van der Waals surface area (Å²) in [5.74, 6) is -0.233. The molecule has 3 aromatic rings. The minimum Gasteiger partial charge on any atom is -0.350 e. The summed E-state index contributed by atoms with van der Waals surface area (Å²) in [4.78, 5) is 25.6. The third-order valence-corrected chi connectivity index (χ3v) is 4.99. The molecule has 0 saturated heterocycles. The van der Waals surface area contributed by atoms with Gasteiger partial charge in [-0.05, 0) is 38.3 Å². The SMILES string of the molecule is CC(C)c1nn(CC(=O)NCc2ccccc2Cl)c(=O)c2c1cnn2C(C)(C)C. The van der Waals surface area contributed by atoms with E-state index in [0.29, 0.717) is 10.5 Å². The van der Waals surface area contributed by atoms with Crippen molar-refractivity contribution in [2.75, 3.05) is 0 Å². The van der Waals surface area contributed by atoms with E-state index in [9.17, 15) is 9.59 Å². The van der Waals surface area contributed by atoms with Gasteiger partial charge in [-0.25, -0.2) is 4.68 Å². The zero-order chi connectivity index (χ0) is 21.3. The lowest BCUT2D eigenvalue weighted by Gasteiger charge is -2.21. The van der Waals surface area contributed by atoms with Crippen molar-refractivity contribution in [1.82, 2.24) is 24.9 Å². The molecule has 0 fully saturated rings. The van der Waals surface area contributed by atoms with E-state index in [2.05, 4.69) is 15.5 Å². The maximum absolute atomic E-state index is 13.1. The number of amides is 1. The largest absolute Gasteiger partial charge is 0.350 e. The van der Waals surface area contributed by atoms with E-state index in [1.54, 1.807) is 16.9 Å². The van der Waals surface area contributed by atoms with Crippen molar-refractivity contribution >= 4 is 28.4 Å². The van der Waals surface area contributed by atoms with Crippen molar-refractivity contribution < 1.29 is 4.79 Å². The topological polar surface area (TPSA) is 81.8 Å². The first-order valence-electron chi connectivity index (χ1n) is 9.59. The van der Waals surface area contributed by atoms with Crippen LogP contribution >= 0.6 is 11.6 Å². The van der Waals surface area contributed by atoms with Gasteiger partial charge in [0.25, 0.3) is 5.56 Å². The molecule has 0 saturated carbocycles. The van der Waals surface area contributed by atoms with Gasteiger partial charge in [-0.1, -0.05) is 43.6 Å². The lowest BCUT2D eigenvalue weighted by Crippen LogP contribution is -2.36. The monoisotopic (exact) mass is 415 g/mol. The minimum atomic E-state index is -0.374. The number of nitrogens with one attached hydrogen (secondary N) is 1. The third kappa shape index (κ3) is 4.34. The van der Waals surface area contributed by atoms with Crippen LogP contribution in [0.2, 0.25) is 5.02 Å². The predicted molar refractivity (Wildman–Crippen MR) is 114 cm³/mol. The van der Waals surface area contributed by atoms with E-state index in [0.717, 1.165) is 16.6 Å². The van der Waals surface area contributed by atoms with Crippen LogP contribution in [0, 0.1) is 0 Å². The fourth-order valence-corrected chi connectivity index (χ4v) is 3.37. The molecule has 8 heteroatoms. The number of carbonyl (C=O) groups is 1. The van der Waals surface area contributed by atoms with Crippen molar-refractivity contribution in [3.63, 3.8) is 0 Å². The molecule has 7 nitrogen and oxygen atoms in total. The van der Waals surface area contributed by atoms with Gasteiger partial charge in [0.2, 0.25) is 5.91 Å². The summed E-state index contributed by atoms with van der Waals surface area (Å²) in [5, 5.41) is 13.0. The summed E-state index contributed by atoms with van der Waals surface area (Å²) in [6.07, 6.45) is 1.69. The van der Waals surface area contributed by atoms with Crippen LogP contribution in [0.25, 0.3) is 10.9 Å². The maximum atomic E-state index is 13.1. The first-order chi connectivity index (χ1) is 13.6. The zero-order valence-corrected chi connectivity index (χ0v) is 18.1. The Hall–Kier alpha value is -2.67. The first-order valence-corrected chi connectivity index (χ1v) is 9.96. The lowest BCUT2D eigenvalue weighted by atomic mass is 10.1. The normalized spacial score (nSPS) is 12.0. The highest BCUT2D eigenvalue weighted by atomic mass is 35.5. The van der Waals surface area contributed by atoms with Gasteiger partial charge in [0.1, 0.15) is 12.1 Å². The Kier molecular flexibility index (Phi) is 5.80. The number of aromatic nitrogens is 4. The predicted octanol–water partition coefficient (Wildman–Crippen LogP) is 3.44. The second-order valence-corrected chi connectivity index (χ2v) is 8.77. The molecule has 0 radical (unpaired) electrons. The fourth-order valence-electron chi connectivity index (χ4n) is 3.16. The molecule has 1 N–H and O–H groups in total. The van der Waals surface area contributed by atoms with Gasteiger partial charge < -0.3 is 5.32 Å². The molecule has 0 atom stereocenters. The molecule has 3 rings (SSSR count). The van der Waals surface area contributed by atoms with Crippen molar-refractivity contribution in [3.8, 4) is 0 Å². The number of benzene rings is 1. The van der Waals surface area contributed by atoms with E-state index in [-0.39, 0.29) is 36.0 Å². The average molecular weight is 416 g/mol. The second kappa shape index (κ2) is 7.99. The highest BCUT2D eigenvalue weighted by molar-refractivity contribution is 6.31. The molecule has 154 valence electrons. The van der Waals surface area contributed by atoms with Gasteiger partial charge in [0.15, 0.2) is 0 Å². The van der Waals surface area contributed by atoms with Crippen LogP contribution in [0.3, 0.4) is 0 Å². The van der Waals surface area contributed by atoms with E-state index in [1.807, 2.05) is 52.8 Å². The Morgan fingerprint density at radius 1 is 1.24 bits per heavy atom. The molecule has 29 heavy (non-hydrogen) atoms. The van der Waals surface area contributed by atoms with Crippen LogP contribution in [0.15, 0.2) is 35.3 Å². The Balaban J connectivity index is 1.94. The Labute approximate surface area is 174 Å². The fraction of sp³-hybridized carbons (Fsp3) is 0.429. The van der Waals surface area contributed by atoms with E-state index >= 15 is 0 Å². The van der Waals surface area contributed by atoms with Crippen LogP contribution in [0.1, 0.15) is 51.8 Å². The molecule has 0 aliphatic heterocycles. The summed E-state index contributed by atoms with van der Waals surface area (Å²) in [5.41, 5.74) is 1.32. The lowest BCUT2D eigenvalue weighted by molar-refractivity contribution is -0.122. The summed E-state index contributed by atoms with van der Waals surface area (Å²) < 4.78 is 2.93. The minimum absolute atomic E-state index is 0.0770. The van der Waals surface area contributed by atoms with Crippen LogP contribution in [0.4, 0.5) is 0 Å². The molecule has 2 aromatic heterocycles. The number of hydrogen-bond acceptors (Lipinski definition) is 4. The number of carbonyl (C=O) groups excluding carboxylic acids is 1. The average Bonchev–Trinajstić information content (AvgIpc) is 3.09. The third-order valence-electron chi connectivity index (χ3n) is 4.62. The summed E-state index contributed by atoms with van der Waals surface area (Å²) in [7, 11) is 0. The van der Waals surface area contributed by atoms with Crippen LogP contribution in [-0.2, 0) is 23.4 Å². The highest BCUT2D eigenvalue weighted by Gasteiger charge is 2.24. The second-order valence-electron chi connectivity index (χ2n) is 8.36. The number of fused-ring (bicyclic) bond motifs is 1. The number of rotatable bonds is 5. The molecule has 0 spiro atoms. The van der Waals surface area contributed by atoms with Crippen molar-refractivity contribution in [1.29, 1.82) is 0 Å². The van der Waals surface area contributed by atoms with Crippen LogP contribution in [0.5, 0.6) is 0 Å². The van der Waals surface area contributed by atoms with Crippen LogP contribution in [-0.4, -0.2) is 25.5 Å². The molecule has 1 amide bonds. The van der Waals surface area contributed by atoms with E-state index < -0.39 is 0 Å². The molecule has 0 unspecified atom stereocenters. The summed E-state index contributed by atoms with van der Waals surface area (Å²) in [6.45, 7) is 10.1. The smallest absolute Gasteiger partial charge is 0.293 e. The van der Waals surface area contributed by atoms with Gasteiger partial charge in [0, 0.05) is 17.0 Å². The molecular weight excluding hydrogens is 390 g/mol. The molecule has 2 heterocycles. The van der Waals surface area contributed by atoms with Gasteiger partial charge in [0.05, 0.1) is 17.4 Å². The van der Waals surface area contributed by atoms with Crippen molar-refractivity contribution in [2.45, 2.75) is 59.2 Å². The number of nitrogens with zero attached hydrogens (tertiary/aromatic N) is 4. The molecular formula is C21H26ClN5O2. The molecule has 0 aliphatic rings. The summed E-state index contributed by atoms with van der Waals surface area (Å²) in [6, 6.07) is 7.30. The van der Waals surface area contributed by atoms with E-state index in [1.165, 1.54) is 4.68 Å². The summed E-state index contributed by atoms with van der Waals surface area (Å²) >= 11 is 6.13. The van der Waals surface area contributed by atoms with Crippen LogP contribution < -0.4 is 10.9 Å². The Bertz CT molecular complexity index is 1110. The van der Waals surface area contributed by atoms with Gasteiger partial charge >= 0.3 is 0 Å². The molecule has 0 bridgehead atoms. The first kappa shape index (κ1) is 21.0. The maximum Gasteiger partial charge on any atom is 0.293 e. The van der Waals surface area contributed by atoms with Gasteiger partial charge in [-0.2, -0.15) is 10.2 Å². The highest BCUT2D eigenvalue weighted by Crippen LogP contribution is 2.24. The number of halogens is 1. The van der Waals surface area contributed by atoms with Gasteiger partial charge in [-0.3, -0.25) is 14.3 Å². The zero-order valence-electron chi connectivity index (χ0n) is 17.4. The van der Waals surface area contributed by atoms with Crippen molar-refractivity contribution in [2.24, 2.45) is 0 Å². The quantitative estimate of drug-likeness (QED) is 0.692. The molecule has 0 aliphatic carbocycles. The standard InChI is InChI=1S/C21H26ClN5O2/c1-13(2)18-15-11-24-27(21(3,4)5)19(15)20(29)26(25-18)12-17(28)23-10-14-8-6-7-9-16(14)22/h6-9,11,13H,10,12H2,1-5H3,(H,23,28). The number of hydrogen-bond donors (Lipinski definition) is 1. The Morgan fingerprint density at radius 3 is 2.55 bits per heavy atom. The van der Waals surface area contributed by atoms with E-state index in [4.69, 9.17) is 11.6 Å². The van der Waals surface area contributed by atoms with Gasteiger partial charge in [-0.15, -0.1) is 0 Å². The molecule has 1 aromatic carbocycles. The van der Waals surface area contributed by atoms with Crippen molar-refractivity contribution in [3.05, 3.63) is 57.1 Å².